The molecule has 0 spiro atoms. The molecule has 3 heteroatoms. The largest absolute Gasteiger partial charge is 0.271 e. The molecule has 0 amide bonds. The van der Waals surface area contributed by atoms with Gasteiger partial charge in [-0.2, -0.15) is 0 Å². The van der Waals surface area contributed by atoms with E-state index in [1.807, 2.05) is 25.1 Å². The Morgan fingerprint density at radius 3 is 2.37 bits per heavy atom. The van der Waals surface area contributed by atoms with Gasteiger partial charge >= 0.3 is 0 Å². The summed E-state index contributed by atoms with van der Waals surface area (Å²) >= 11 is 6.40. The van der Waals surface area contributed by atoms with Gasteiger partial charge in [0.25, 0.3) is 0 Å². The predicted octanol–water partition coefficient (Wildman–Crippen LogP) is 3.82. The molecule has 2 rings (SSSR count). The first kappa shape index (κ1) is 14.1. The van der Waals surface area contributed by atoms with Gasteiger partial charge in [0.2, 0.25) is 0 Å². The Morgan fingerprint density at radius 2 is 1.74 bits per heavy atom. The highest BCUT2D eigenvalue weighted by atomic mass is 35.5. The summed E-state index contributed by atoms with van der Waals surface area (Å²) in [5.74, 6) is 5.75. The highest BCUT2D eigenvalue weighted by Crippen LogP contribution is 2.31. The molecule has 19 heavy (non-hydrogen) atoms. The van der Waals surface area contributed by atoms with Crippen molar-refractivity contribution in [2.24, 2.45) is 5.84 Å². The van der Waals surface area contributed by atoms with Crippen LogP contribution in [0.1, 0.15) is 33.9 Å². The Bertz CT molecular complexity index is 593. The molecule has 0 aliphatic rings. The Morgan fingerprint density at radius 1 is 1.00 bits per heavy atom. The maximum absolute atomic E-state index is 6.40. The summed E-state index contributed by atoms with van der Waals surface area (Å²) in [6.07, 6.45) is 0. The molecule has 2 aromatic carbocycles. The molecule has 100 valence electrons. The summed E-state index contributed by atoms with van der Waals surface area (Å²) < 4.78 is 0. The number of nitrogens with one attached hydrogen (secondary N) is 1. The van der Waals surface area contributed by atoms with Gasteiger partial charge in [0.1, 0.15) is 0 Å². The van der Waals surface area contributed by atoms with Crippen LogP contribution in [0.4, 0.5) is 0 Å². The van der Waals surface area contributed by atoms with Crippen molar-refractivity contribution in [2.75, 3.05) is 0 Å². The van der Waals surface area contributed by atoms with Gasteiger partial charge in [0.15, 0.2) is 0 Å². The molecule has 1 atom stereocenters. The van der Waals surface area contributed by atoms with E-state index in [2.05, 4.69) is 37.5 Å². The average Bonchev–Trinajstić information content (AvgIpc) is 2.37. The summed E-state index contributed by atoms with van der Waals surface area (Å²) in [6.45, 7) is 6.18. The number of aryl methyl sites for hydroxylation is 3. The van der Waals surface area contributed by atoms with E-state index in [0.29, 0.717) is 0 Å². The fraction of sp³-hybridized carbons (Fsp3) is 0.250. The van der Waals surface area contributed by atoms with Crippen molar-refractivity contribution in [1.82, 2.24) is 5.43 Å². The number of hydrogen-bond donors (Lipinski definition) is 2. The lowest BCUT2D eigenvalue weighted by atomic mass is 9.93. The lowest BCUT2D eigenvalue weighted by molar-refractivity contribution is 0.633. The lowest BCUT2D eigenvalue weighted by Gasteiger charge is -2.21. The van der Waals surface area contributed by atoms with E-state index in [1.54, 1.807) is 0 Å². The lowest BCUT2D eigenvalue weighted by Crippen LogP contribution is -2.29. The highest BCUT2D eigenvalue weighted by molar-refractivity contribution is 6.32. The highest BCUT2D eigenvalue weighted by Gasteiger charge is 2.18. The third-order valence-corrected chi connectivity index (χ3v) is 3.95. The quantitative estimate of drug-likeness (QED) is 0.660. The van der Waals surface area contributed by atoms with Crippen LogP contribution >= 0.6 is 11.6 Å². The summed E-state index contributed by atoms with van der Waals surface area (Å²) in [5, 5.41) is 0.769. The van der Waals surface area contributed by atoms with Gasteiger partial charge in [-0.3, -0.25) is 5.84 Å². The summed E-state index contributed by atoms with van der Waals surface area (Å²) in [4.78, 5) is 0. The first-order valence-corrected chi connectivity index (χ1v) is 6.70. The van der Waals surface area contributed by atoms with Gasteiger partial charge < -0.3 is 0 Å². The molecule has 0 saturated heterocycles. The molecular formula is C16H19ClN2. The monoisotopic (exact) mass is 274 g/mol. The number of hydrogen-bond acceptors (Lipinski definition) is 2. The molecule has 0 fully saturated rings. The number of rotatable bonds is 3. The second kappa shape index (κ2) is 5.74. The number of nitrogens with two attached hydrogens (primary N) is 1. The topological polar surface area (TPSA) is 38.0 Å². The van der Waals surface area contributed by atoms with Crippen LogP contribution in [0.3, 0.4) is 0 Å². The molecule has 0 aromatic heterocycles. The van der Waals surface area contributed by atoms with Crippen LogP contribution in [0.15, 0.2) is 36.4 Å². The third kappa shape index (κ3) is 2.81. The number of hydrazine groups is 1. The first-order chi connectivity index (χ1) is 9.04. The molecule has 0 radical (unpaired) electrons. The number of halogens is 1. The van der Waals surface area contributed by atoms with Gasteiger partial charge in [-0.05, 0) is 43.0 Å². The fourth-order valence-corrected chi connectivity index (χ4v) is 2.62. The van der Waals surface area contributed by atoms with Gasteiger partial charge in [-0.15, -0.1) is 0 Å². The molecule has 3 N–H and O–H groups in total. The zero-order chi connectivity index (χ0) is 14.0. The Labute approximate surface area is 119 Å². The van der Waals surface area contributed by atoms with Gasteiger partial charge in [0.05, 0.1) is 6.04 Å². The van der Waals surface area contributed by atoms with Crippen molar-refractivity contribution in [2.45, 2.75) is 26.8 Å². The van der Waals surface area contributed by atoms with E-state index in [1.165, 1.54) is 11.1 Å². The van der Waals surface area contributed by atoms with Crippen molar-refractivity contribution in [3.8, 4) is 0 Å². The Hall–Kier alpha value is -1.35. The molecular weight excluding hydrogens is 256 g/mol. The van der Waals surface area contributed by atoms with E-state index in [0.717, 1.165) is 21.7 Å². The first-order valence-electron chi connectivity index (χ1n) is 6.33. The van der Waals surface area contributed by atoms with E-state index in [9.17, 15) is 0 Å². The van der Waals surface area contributed by atoms with Crippen LogP contribution in [-0.2, 0) is 0 Å². The minimum Gasteiger partial charge on any atom is -0.271 e. The van der Waals surface area contributed by atoms with Gasteiger partial charge in [-0.1, -0.05) is 53.6 Å². The molecule has 0 saturated carbocycles. The molecule has 0 aliphatic heterocycles. The van der Waals surface area contributed by atoms with Gasteiger partial charge in [0, 0.05) is 5.02 Å². The normalized spacial score (nSPS) is 12.5. The minimum atomic E-state index is -0.0898. The zero-order valence-electron chi connectivity index (χ0n) is 11.5. The summed E-state index contributed by atoms with van der Waals surface area (Å²) in [5.41, 5.74) is 8.55. The molecule has 2 nitrogen and oxygen atoms in total. The van der Waals surface area contributed by atoms with Crippen molar-refractivity contribution in [1.29, 1.82) is 0 Å². The third-order valence-electron chi connectivity index (χ3n) is 3.44. The van der Waals surface area contributed by atoms with Crippen LogP contribution in [0.25, 0.3) is 0 Å². The van der Waals surface area contributed by atoms with Crippen molar-refractivity contribution >= 4 is 11.6 Å². The van der Waals surface area contributed by atoms with E-state index in [4.69, 9.17) is 17.4 Å². The summed E-state index contributed by atoms with van der Waals surface area (Å²) in [6, 6.07) is 12.3. The predicted molar refractivity (Wildman–Crippen MR) is 81.3 cm³/mol. The molecule has 0 bridgehead atoms. The average molecular weight is 275 g/mol. The molecule has 0 aliphatic carbocycles. The SMILES string of the molecule is Cc1ccc(C(NN)c2cccc(C)c2Cl)c(C)c1. The Kier molecular flexibility index (Phi) is 4.25. The fourth-order valence-electron chi connectivity index (χ4n) is 2.39. The van der Waals surface area contributed by atoms with Crippen molar-refractivity contribution < 1.29 is 0 Å². The van der Waals surface area contributed by atoms with E-state index < -0.39 is 0 Å². The van der Waals surface area contributed by atoms with Crippen LogP contribution < -0.4 is 11.3 Å². The van der Waals surface area contributed by atoms with Gasteiger partial charge in [-0.25, -0.2) is 5.43 Å². The molecule has 2 aromatic rings. The van der Waals surface area contributed by atoms with E-state index in [-0.39, 0.29) is 6.04 Å². The van der Waals surface area contributed by atoms with Crippen molar-refractivity contribution in [3.05, 3.63) is 69.2 Å². The number of benzene rings is 2. The second-order valence-corrected chi connectivity index (χ2v) is 5.32. The van der Waals surface area contributed by atoms with Crippen LogP contribution in [0.2, 0.25) is 5.02 Å². The molecule has 0 heterocycles. The maximum atomic E-state index is 6.40. The minimum absolute atomic E-state index is 0.0898. The van der Waals surface area contributed by atoms with Crippen molar-refractivity contribution in [3.63, 3.8) is 0 Å². The standard InChI is InChI=1S/C16H19ClN2/c1-10-7-8-13(12(3)9-10)16(19-18)14-6-4-5-11(2)15(14)17/h4-9,16,19H,18H2,1-3H3. The second-order valence-electron chi connectivity index (χ2n) is 4.94. The Balaban J connectivity index is 2.53. The van der Waals surface area contributed by atoms with Crippen LogP contribution in [0.5, 0.6) is 0 Å². The van der Waals surface area contributed by atoms with Crippen LogP contribution in [-0.4, -0.2) is 0 Å². The zero-order valence-corrected chi connectivity index (χ0v) is 12.3. The molecule has 1 unspecified atom stereocenters. The van der Waals surface area contributed by atoms with E-state index >= 15 is 0 Å². The smallest absolute Gasteiger partial charge is 0.0727 e. The van der Waals surface area contributed by atoms with Crippen LogP contribution in [0, 0.1) is 20.8 Å². The summed E-state index contributed by atoms with van der Waals surface area (Å²) in [7, 11) is 0. The maximum Gasteiger partial charge on any atom is 0.0727 e.